The molecule has 0 saturated carbocycles. The Kier molecular flexibility index (Phi) is 5.46. The zero-order valence-electron chi connectivity index (χ0n) is 19.0. The minimum absolute atomic E-state index is 0.0600. The first-order valence-corrected chi connectivity index (χ1v) is 10.6. The molecule has 1 amide bonds. The van der Waals surface area contributed by atoms with Crippen LogP contribution in [0.2, 0.25) is 0 Å². The van der Waals surface area contributed by atoms with Crippen LogP contribution >= 0.6 is 0 Å². The summed E-state index contributed by atoms with van der Waals surface area (Å²) in [5, 5.41) is 5.52. The number of fused-ring (bicyclic) bond motifs is 1. The third-order valence-electron chi connectivity index (χ3n) is 5.67. The number of nitrogens with one attached hydrogen (secondary N) is 2. The molecule has 182 valence electrons. The van der Waals surface area contributed by atoms with Crippen LogP contribution in [0.3, 0.4) is 0 Å². The molecule has 3 aromatic rings. The van der Waals surface area contributed by atoms with E-state index in [2.05, 4.69) is 20.4 Å². The molecule has 0 radical (unpaired) electrons. The van der Waals surface area contributed by atoms with E-state index in [0.717, 1.165) is 0 Å². The maximum atomic E-state index is 13.5. The second-order valence-corrected chi connectivity index (χ2v) is 7.83. The van der Waals surface area contributed by atoms with Crippen LogP contribution in [0, 0.1) is 0 Å². The maximum absolute atomic E-state index is 13.5. The highest BCUT2D eigenvalue weighted by Crippen LogP contribution is 2.42. The first kappa shape index (κ1) is 22.5. The highest BCUT2D eigenvalue weighted by Gasteiger charge is 2.47. The van der Waals surface area contributed by atoms with Gasteiger partial charge in [0.1, 0.15) is 17.0 Å². The first-order chi connectivity index (χ1) is 16.8. The Morgan fingerprint density at radius 3 is 2.57 bits per heavy atom. The van der Waals surface area contributed by atoms with Gasteiger partial charge in [-0.2, -0.15) is 8.78 Å². The lowest BCUT2D eigenvalue weighted by Crippen LogP contribution is -2.47. The minimum Gasteiger partial charge on any atom is -0.493 e. The van der Waals surface area contributed by atoms with Crippen molar-refractivity contribution in [2.45, 2.75) is 18.6 Å². The van der Waals surface area contributed by atoms with Crippen molar-refractivity contribution in [3.8, 4) is 28.6 Å². The molecule has 1 unspecified atom stereocenters. The minimum atomic E-state index is -3.89. The van der Waals surface area contributed by atoms with Crippen LogP contribution in [0.4, 0.5) is 14.5 Å². The second-order valence-electron chi connectivity index (χ2n) is 7.83. The zero-order valence-corrected chi connectivity index (χ0v) is 19.0. The smallest absolute Gasteiger partial charge is 0.482 e. The van der Waals surface area contributed by atoms with Crippen LogP contribution in [-0.4, -0.2) is 44.4 Å². The Balaban J connectivity index is 1.44. The Morgan fingerprint density at radius 1 is 1.14 bits per heavy atom. The van der Waals surface area contributed by atoms with Gasteiger partial charge < -0.3 is 34.0 Å². The number of alkyl halides is 2. The molecule has 3 heterocycles. The van der Waals surface area contributed by atoms with E-state index in [9.17, 15) is 13.6 Å². The van der Waals surface area contributed by atoms with E-state index in [0.29, 0.717) is 45.4 Å². The number of allylic oxidation sites excluding steroid dienone is 1. The number of methoxy groups -OCH3 is 3. The van der Waals surface area contributed by atoms with Gasteiger partial charge in [0.25, 0.3) is 0 Å². The van der Waals surface area contributed by atoms with Crippen molar-refractivity contribution in [3.05, 3.63) is 54.1 Å². The quantitative estimate of drug-likeness (QED) is 0.535. The summed E-state index contributed by atoms with van der Waals surface area (Å²) in [5.74, 6) is 0.401. The lowest BCUT2D eigenvalue weighted by atomic mass is 10.0. The van der Waals surface area contributed by atoms with E-state index in [1.807, 2.05) is 0 Å². The summed E-state index contributed by atoms with van der Waals surface area (Å²) < 4.78 is 53.9. The molecule has 1 atom stereocenters. The molecule has 2 aliphatic rings. The molecule has 0 saturated heterocycles. The summed E-state index contributed by atoms with van der Waals surface area (Å²) in [4.78, 5) is 15.9. The fraction of sp³-hybridized carbons (Fsp3) is 0.250. The van der Waals surface area contributed by atoms with E-state index >= 15 is 0 Å². The largest absolute Gasteiger partial charge is 0.493 e. The van der Waals surface area contributed by atoms with Crippen molar-refractivity contribution in [1.82, 2.24) is 10.3 Å². The van der Waals surface area contributed by atoms with E-state index in [4.69, 9.17) is 18.6 Å². The molecule has 1 aliphatic heterocycles. The Morgan fingerprint density at radius 2 is 1.89 bits per heavy atom. The molecule has 5 rings (SSSR count). The molecule has 1 aliphatic carbocycles. The maximum Gasteiger partial charge on any atom is 0.482 e. The highest BCUT2D eigenvalue weighted by molar-refractivity contribution is 5.90. The standard InChI is InChI=1S/C24H21F2N3O6/c1-31-19-8-12(9-20(32-2)22(19)33-3)18-11-16-21(34-18)14(6-7-27-16)28-13-4-5-17-15(10-13)29-23(30)24(25,26)35-17/h4-9,11,13H,10H2,1-3H3,(H,27,28)(H,29,30). The van der Waals surface area contributed by atoms with Gasteiger partial charge in [-0.15, -0.1) is 0 Å². The van der Waals surface area contributed by atoms with Gasteiger partial charge in [0.2, 0.25) is 5.75 Å². The highest BCUT2D eigenvalue weighted by atomic mass is 19.3. The lowest BCUT2D eigenvalue weighted by Gasteiger charge is -2.30. The van der Waals surface area contributed by atoms with Gasteiger partial charge in [-0.1, -0.05) is 6.08 Å². The van der Waals surface area contributed by atoms with Crippen molar-refractivity contribution in [2.24, 2.45) is 0 Å². The third-order valence-corrected chi connectivity index (χ3v) is 5.67. The average Bonchev–Trinajstić information content (AvgIpc) is 3.29. The van der Waals surface area contributed by atoms with Crippen molar-refractivity contribution in [1.29, 1.82) is 0 Å². The van der Waals surface area contributed by atoms with Gasteiger partial charge in [0, 0.05) is 24.2 Å². The summed E-state index contributed by atoms with van der Waals surface area (Å²) in [6.45, 7) is 0. The van der Waals surface area contributed by atoms with E-state index in [-0.39, 0.29) is 23.9 Å². The molecular weight excluding hydrogens is 464 g/mol. The molecule has 9 nitrogen and oxygen atoms in total. The van der Waals surface area contributed by atoms with Crippen molar-refractivity contribution in [3.63, 3.8) is 0 Å². The first-order valence-electron chi connectivity index (χ1n) is 10.6. The van der Waals surface area contributed by atoms with Gasteiger partial charge >= 0.3 is 12.0 Å². The molecule has 2 N–H and O–H groups in total. The second kappa shape index (κ2) is 8.49. The lowest BCUT2D eigenvalue weighted by molar-refractivity contribution is -0.217. The number of amides is 1. The number of ether oxygens (including phenoxy) is 4. The predicted molar refractivity (Wildman–Crippen MR) is 121 cm³/mol. The molecular formula is C24H21F2N3O6. The van der Waals surface area contributed by atoms with Crippen LogP contribution in [-0.2, 0) is 9.53 Å². The number of hydrogen-bond donors (Lipinski definition) is 2. The van der Waals surface area contributed by atoms with Crippen LogP contribution in [0.1, 0.15) is 6.42 Å². The number of carbonyl (C=O) groups is 1. The Labute approximate surface area is 198 Å². The number of carbonyl (C=O) groups excluding carboxylic acids is 1. The van der Waals surface area contributed by atoms with E-state index in [1.165, 1.54) is 27.4 Å². The van der Waals surface area contributed by atoms with Crippen molar-refractivity contribution < 1.29 is 36.9 Å². The molecule has 0 fully saturated rings. The topological polar surface area (TPSA) is 104 Å². The van der Waals surface area contributed by atoms with Crippen molar-refractivity contribution in [2.75, 3.05) is 26.6 Å². The molecule has 1 aromatic carbocycles. The molecule has 0 spiro atoms. The van der Waals surface area contributed by atoms with Crippen LogP contribution in [0.15, 0.2) is 58.5 Å². The number of furan rings is 1. The monoisotopic (exact) mass is 485 g/mol. The number of hydrogen-bond acceptors (Lipinski definition) is 8. The van der Waals surface area contributed by atoms with E-state index < -0.39 is 12.0 Å². The normalized spacial score (nSPS) is 18.5. The number of benzene rings is 1. The summed E-state index contributed by atoms with van der Waals surface area (Å²) in [5.41, 5.74) is 2.72. The van der Waals surface area contributed by atoms with Crippen molar-refractivity contribution >= 4 is 22.7 Å². The summed E-state index contributed by atoms with van der Waals surface area (Å²) in [6, 6.07) is 6.75. The number of pyridine rings is 1. The third kappa shape index (κ3) is 3.98. The van der Waals surface area contributed by atoms with Crippen LogP contribution in [0.5, 0.6) is 17.2 Å². The fourth-order valence-electron chi connectivity index (χ4n) is 4.01. The van der Waals surface area contributed by atoms with Crippen LogP contribution < -0.4 is 24.8 Å². The number of anilines is 1. The number of rotatable bonds is 6. The zero-order chi connectivity index (χ0) is 24.7. The molecule has 11 heteroatoms. The number of aromatic nitrogens is 1. The SMILES string of the molecule is COc1cc(-c2cc3nccc(NC4C=CC5=C(C4)NC(=O)C(F)(F)O5)c3o2)cc(OC)c1OC. The average molecular weight is 485 g/mol. The van der Waals surface area contributed by atoms with Gasteiger partial charge in [0.15, 0.2) is 17.1 Å². The predicted octanol–water partition coefficient (Wildman–Crippen LogP) is 4.21. The van der Waals surface area contributed by atoms with Gasteiger partial charge in [-0.3, -0.25) is 9.78 Å². The van der Waals surface area contributed by atoms with Gasteiger partial charge in [-0.25, -0.2) is 0 Å². The fourth-order valence-corrected chi connectivity index (χ4v) is 4.01. The van der Waals surface area contributed by atoms with E-state index in [1.54, 1.807) is 36.5 Å². The molecule has 2 aromatic heterocycles. The number of halogens is 2. The molecule has 35 heavy (non-hydrogen) atoms. The summed E-state index contributed by atoms with van der Waals surface area (Å²) >= 11 is 0. The van der Waals surface area contributed by atoms with Gasteiger partial charge in [-0.05, 0) is 24.3 Å². The summed E-state index contributed by atoms with van der Waals surface area (Å²) in [6.07, 6.45) is 1.06. The van der Waals surface area contributed by atoms with Crippen LogP contribution in [0.25, 0.3) is 22.4 Å². The summed E-state index contributed by atoms with van der Waals surface area (Å²) in [7, 11) is 4.59. The molecule has 0 bridgehead atoms. The van der Waals surface area contributed by atoms with Gasteiger partial charge in [0.05, 0.1) is 38.8 Å². The number of nitrogens with zero attached hydrogens (tertiary/aromatic N) is 1. The Hall–Kier alpha value is -4.28. The Bertz CT molecular complexity index is 1360.